The number of carbonyl (C=O) groups excluding carboxylic acids is 2. The normalized spacial score (nSPS) is 11.6. The Morgan fingerprint density at radius 2 is 0.860 bits per heavy atom. The molecule has 0 aliphatic rings. The second kappa shape index (κ2) is 20.0. The van der Waals surface area contributed by atoms with Crippen LogP contribution in [0.3, 0.4) is 0 Å². The number of aryl methyl sites for hydroxylation is 4. The molecule has 6 rings (SSSR count). The van der Waals surface area contributed by atoms with Crippen molar-refractivity contribution < 1.29 is 42.5 Å². The van der Waals surface area contributed by atoms with Crippen LogP contribution in [0.15, 0.2) is 85.2 Å². The van der Waals surface area contributed by atoms with E-state index >= 15 is 0 Å². The molecule has 14 nitrogen and oxygen atoms in total. The summed E-state index contributed by atoms with van der Waals surface area (Å²) in [7, 11) is 7.12. The monoisotopic (exact) mass is 790 g/mol. The van der Waals surface area contributed by atoms with Gasteiger partial charge in [0.15, 0.2) is 12.2 Å². The number of nitrogens with zero attached hydrogens (tertiary/aromatic N) is 6. The summed E-state index contributed by atoms with van der Waals surface area (Å²) in [5.74, 6) is -3.40. The third-order valence-corrected chi connectivity index (χ3v) is 8.82. The minimum absolute atomic E-state index is 0. The zero-order valence-electron chi connectivity index (χ0n) is 35.5. The van der Waals surface area contributed by atoms with Gasteiger partial charge in [-0.25, -0.2) is 19.6 Å². The molecule has 4 N–H and O–H groups in total. The zero-order valence-corrected chi connectivity index (χ0v) is 34.9. The summed E-state index contributed by atoms with van der Waals surface area (Å²) in [6, 6.07) is 24.6. The standard InChI is InChI=1S/2C19H21N3O.C4H6O6.Mg.2H/c2*1-13-5-8-15(9-6-13)19-16(11-18(23)21(3)4)22-12-14(2)7-10-17(22)20-19;5-1(3(7)8)2(6)4(9)10;;;/h2*5-10,12H,11H2,1-4H3;1-2,5-6H,(H,7,8)(H,9,10);;;/q;;;+2;2*-1. The molecular formula is C42H50MgN6O8. The van der Waals surface area contributed by atoms with Crippen molar-refractivity contribution in [3.63, 3.8) is 0 Å². The number of rotatable bonds is 9. The number of aliphatic hydroxyl groups is 2. The second-order valence-corrected chi connectivity index (χ2v) is 13.9. The van der Waals surface area contributed by atoms with E-state index < -0.39 is 24.1 Å². The Morgan fingerprint density at radius 1 is 0.561 bits per heavy atom. The van der Waals surface area contributed by atoms with Crippen LogP contribution in [0.25, 0.3) is 33.8 Å². The van der Waals surface area contributed by atoms with Crippen molar-refractivity contribution >= 4 is 58.1 Å². The third kappa shape index (κ3) is 11.7. The minimum atomic E-state index is -2.27. The number of fused-ring (bicyclic) bond motifs is 2. The van der Waals surface area contributed by atoms with Gasteiger partial charge in [0.25, 0.3) is 0 Å². The van der Waals surface area contributed by atoms with Crippen LogP contribution < -0.4 is 0 Å². The summed E-state index contributed by atoms with van der Waals surface area (Å²) in [6.07, 6.45) is 0.216. The molecule has 0 spiro atoms. The van der Waals surface area contributed by atoms with E-state index in [1.54, 1.807) is 38.0 Å². The molecule has 0 radical (unpaired) electrons. The molecule has 6 aromatic rings. The number of carboxylic acid groups (broad SMARTS) is 2. The van der Waals surface area contributed by atoms with Crippen LogP contribution in [0.1, 0.15) is 36.5 Å². The van der Waals surface area contributed by atoms with Gasteiger partial charge in [-0.2, -0.15) is 0 Å². The molecule has 0 saturated carbocycles. The molecule has 2 atom stereocenters. The summed E-state index contributed by atoms with van der Waals surface area (Å²) in [5, 5.41) is 32.5. The van der Waals surface area contributed by atoms with Crippen molar-refractivity contribution in [2.45, 2.75) is 52.7 Å². The first-order valence-electron chi connectivity index (χ1n) is 17.7. The smallest absolute Gasteiger partial charge is 1.00 e. The molecular weight excluding hydrogens is 741 g/mol. The van der Waals surface area contributed by atoms with Gasteiger partial charge in [0.1, 0.15) is 11.3 Å². The first-order chi connectivity index (χ1) is 26.4. The average molecular weight is 791 g/mol. The maximum atomic E-state index is 12.3. The van der Waals surface area contributed by atoms with E-state index in [0.29, 0.717) is 12.8 Å². The third-order valence-electron chi connectivity index (χ3n) is 8.82. The molecule has 2 amide bonds. The number of hydrogen-bond donors (Lipinski definition) is 4. The first kappa shape index (κ1) is 45.8. The van der Waals surface area contributed by atoms with Gasteiger partial charge < -0.3 is 41.9 Å². The molecule has 4 aromatic heterocycles. The van der Waals surface area contributed by atoms with Gasteiger partial charge in [0.2, 0.25) is 11.8 Å². The van der Waals surface area contributed by atoms with E-state index in [9.17, 15) is 19.2 Å². The van der Waals surface area contributed by atoms with E-state index in [0.717, 1.165) is 56.3 Å². The predicted molar refractivity (Wildman–Crippen MR) is 220 cm³/mol. The Balaban J connectivity index is 0.000000464. The Kier molecular flexibility index (Phi) is 16.1. The number of aliphatic hydroxyl groups excluding tert-OH is 2. The SMILES string of the molecule is Cc1ccc(-c2nc3ccc(C)cn3c2CC(=O)N(C)C)cc1.Cc1ccc(-c2nc3ccc(C)cn3c2CC(=O)N(C)C)cc1.O=C(O)C(O)C(O)C(=O)O.[H-].[H-].[Mg+2]. The predicted octanol–water partition coefficient (Wildman–Crippen LogP) is 4.22. The van der Waals surface area contributed by atoms with E-state index in [-0.39, 0.29) is 37.7 Å². The molecule has 0 aliphatic heterocycles. The van der Waals surface area contributed by atoms with Crippen molar-refractivity contribution in [2.75, 3.05) is 28.2 Å². The second-order valence-electron chi connectivity index (χ2n) is 13.9. The molecule has 298 valence electrons. The van der Waals surface area contributed by atoms with Crippen molar-refractivity contribution in [3.05, 3.63) is 119 Å². The van der Waals surface area contributed by atoms with Crippen molar-refractivity contribution in [2.24, 2.45) is 0 Å². The molecule has 2 aromatic carbocycles. The maximum Gasteiger partial charge on any atom is 2.00 e. The number of aliphatic carboxylic acids is 2. The fourth-order valence-corrected chi connectivity index (χ4v) is 5.49. The average Bonchev–Trinajstić information content (AvgIpc) is 3.69. The van der Waals surface area contributed by atoms with Gasteiger partial charge in [-0.1, -0.05) is 71.8 Å². The van der Waals surface area contributed by atoms with Gasteiger partial charge >= 0.3 is 35.0 Å². The fourth-order valence-electron chi connectivity index (χ4n) is 5.49. The summed E-state index contributed by atoms with van der Waals surface area (Å²) in [5.41, 5.74) is 12.2. The topological polar surface area (TPSA) is 190 Å². The van der Waals surface area contributed by atoms with E-state index in [4.69, 9.17) is 30.4 Å². The number of carbonyl (C=O) groups is 4. The molecule has 57 heavy (non-hydrogen) atoms. The summed E-state index contributed by atoms with van der Waals surface area (Å²) in [4.78, 5) is 56.8. The molecule has 0 bridgehead atoms. The fraction of sp³-hybridized carbons (Fsp3) is 0.286. The molecule has 0 aliphatic carbocycles. The molecule has 0 fully saturated rings. The Hall–Kier alpha value is -5.61. The molecule has 4 heterocycles. The molecule has 15 heteroatoms. The Labute approximate surface area is 350 Å². The largest absolute Gasteiger partial charge is 2.00 e. The number of carboxylic acids is 2. The molecule has 2 unspecified atom stereocenters. The summed E-state index contributed by atoms with van der Waals surface area (Å²) in [6.45, 7) is 8.21. The number of amides is 2. The van der Waals surface area contributed by atoms with E-state index in [1.807, 2.05) is 59.3 Å². The summed E-state index contributed by atoms with van der Waals surface area (Å²) >= 11 is 0. The van der Waals surface area contributed by atoms with Gasteiger partial charge in [0, 0.05) is 51.7 Å². The van der Waals surface area contributed by atoms with Gasteiger partial charge in [-0.05, 0) is 51.0 Å². The van der Waals surface area contributed by atoms with Crippen LogP contribution >= 0.6 is 0 Å². The van der Waals surface area contributed by atoms with Crippen molar-refractivity contribution in [1.82, 2.24) is 28.6 Å². The maximum absolute atomic E-state index is 12.3. The number of aromatic nitrogens is 4. The number of hydrogen-bond acceptors (Lipinski definition) is 8. The van der Waals surface area contributed by atoms with Crippen LogP contribution in [0.4, 0.5) is 0 Å². The van der Waals surface area contributed by atoms with E-state index in [1.165, 1.54) is 11.1 Å². The van der Waals surface area contributed by atoms with Crippen LogP contribution in [0, 0.1) is 27.7 Å². The van der Waals surface area contributed by atoms with E-state index in [2.05, 4.69) is 62.4 Å². The zero-order chi connectivity index (χ0) is 41.4. The number of imidazole rings is 2. The van der Waals surface area contributed by atoms with Crippen LogP contribution in [0.5, 0.6) is 0 Å². The number of pyridine rings is 2. The van der Waals surface area contributed by atoms with Crippen LogP contribution in [-0.2, 0) is 32.0 Å². The first-order valence-corrected chi connectivity index (χ1v) is 17.7. The number of likely N-dealkylation sites (N-methyl/N-ethyl adjacent to an activating group) is 2. The van der Waals surface area contributed by atoms with Crippen molar-refractivity contribution in [1.29, 1.82) is 0 Å². The van der Waals surface area contributed by atoms with Gasteiger partial charge in [-0.3, -0.25) is 9.59 Å². The number of benzene rings is 2. The van der Waals surface area contributed by atoms with Gasteiger partial charge in [0.05, 0.1) is 35.6 Å². The van der Waals surface area contributed by atoms with Crippen LogP contribution in [0.2, 0.25) is 0 Å². The Morgan fingerprint density at radius 3 is 1.14 bits per heavy atom. The quantitative estimate of drug-likeness (QED) is 0.154. The summed E-state index contributed by atoms with van der Waals surface area (Å²) < 4.78 is 4.07. The molecule has 0 saturated heterocycles. The van der Waals surface area contributed by atoms with Crippen molar-refractivity contribution in [3.8, 4) is 22.5 Å². The Bertz CT molecular complexity index is 2200. The van der Waals surface area contributed by atoms with Crippen LogP contribution in [-0.4, -0.2) is 136 Å². The van der Waals surface area contributed by atoms with Gasteiger partial charge in [-0.15, -0.1) is 0 Å². The minimum Gasteiger partial charge on any atom is -1.00 e.